The molecule has 1 fully saturated rings. The first-order chi connectivity index (χ1) is 10.6. The van der Waals surface area contributed by atoms with Crippen LogP contribution in [0.5, 0.6) is 0 Å². The predicted octanol–water partition coefficient (Wildman–Crippen LogP) is 2.09. The van der Waals surface area contributed by atoms with Crippen LogP contribution in [0.15, 0.2) is 27.8 Å². The van der Waals surface area contributed by atoms with Crippen LogP contribution in [0.2, 0.25) is 0 Å². The third kappa shape index (κ3) is 4.65. The van der Waals surface area contributed by atoms with Crippen LogP contribution < -0.4 is 0 Å². The average Bonchev–Trinajstić information content (AvgIpc) is 2.45. The topological polar surface area (TPSA) is 79.8 Å². The maximum Gasteiger partial charge on any atom is 0.410 e. The molecule has 128 valence electrons. The Hall–Kier alpha value is -1.19. The number of piperazine rings is 1. The summed E-state index contributed by atoms with van der Waals surface area (Å²) in [5.41, 5.74) is -0.567. The second-order valence-corrected chi connectivity index (χ2v) is 9.06. The van der Waals surface area contributed by atoms with Crippen molar-refractivity contribution in [1.29, 1.82) is 0 Å². The van der Waals surface area contributed by atoms with Gasteiger partial charge in [0.2, 0.25) is 10.0 Å². The van der Waals surface area contributed by atoms with Crippen LogP contribution in [-0.2, 0) is 14.8 Å². The molecule has 2 heterocycles. The van der Waals surface area contributed by atoms with E-state index in [-0.39, 0.29) is 18.0 Å². The zero-order valence-corrected chi connectivity index (χ0v) is 15.7. The molecule has 9 heteroatoms. The van der Waals surface area contributed by atoms with Gasteiger partial charge in [-0.2, -0.15) is 4.31 Å². The molecule has 0 aromatic carbocycles. The first-order valence-electron chi connectivity index (χ1n) is 7.18. The second-order valence-electron chi connectivity index (χ2n) is 6.21. The fourth-order valence-corrected chi connectivity index (χ4v) is 4.05. The molecular formula is C14H20BrN3O4S. The van der Waals surface area contributed by atoms with Crippen molar-refractivity contribution in [2.24, 2.45) is 0 Å². The molecule has 1 aromatic heterocycles. The van der Waals surface area contributed by atoms with Crippen molar-refractivity contribution in [3.63, 3.8) is 0 Å². The number of ether oxygens (including phenoxy) is 1. The van der Waals surface area contributed by atoms with Gasteiger partial charge in [-0.15, -0.1) is 0 Å². The number of aromatic nitrogens is 1. The van der Waals surface area contributed by atoms with Crippen LogP contribution in [0, 0.1) is 0 Å². The maximum atomic E-state index is 12.6. The van der Waals surface area contributed by atoms with Gasteiger partial charge in [-0.3, -0.25) is 4.98 Å². The van der Waals surface area contributed by atoms with Crippen LogP contribution in [-0.4, -0.2) is 60.5 Å². The van der Waals surface area contributed by atoms with Crippen molar-refractivity contribution in [2.75, 3.05) is 26.2 Å². The van der Waals surface area contributed by atoms with Crippen LogP contribution >= 0.6 is 15.9 Å². The van der Waals surface area contributed by atoms with E-state index in [1.54, 1.807) is 20.8 Å². The summed E-state index contributed by atoms with van der Waals surface area (Å²) >= 11 is 3.22. The van der Waals surface area contributed by atoms with Crippen molar-refractivity contribution in [3.05, 3.63) is 22.9 Å². The fraction of sp³-hybridized carbons (Fsp3) is 0.571. The molecule has 1 saturated heterocycles. The molecule has 2 rings (SSSR count). The van der Waals surface area contributed by atoms with E-state index in [0.717, 1.165) is 0 Å². The Balaban J connectivity index is 2.03. The Morgan fingerprint density at radius 3 is 2.35 bits per heavy atom. The molecule has 1 aliphatic rings. The van der Waals surface area contributed by atoms with Crippen LogP contribution in [0.4, 0.5) is 4.79 Å². The van der Waals surface area contributed by atoms with E-state index in [1.165, 1.54) is 27.7 Å². The van der Waals surface area contributed by atoms with E-state index in [4.69, 9.17) is 4.74 Å². The van der Waals surface area contributed by atoms with Gasteiger partial charge in [0.25, 0.3) is 0 Å². The number of rotatable bonds is 2. The normalized spacial score (nSPS) is 17.1. The molecule has 1 amide bonds. The number of pyridine rings is 1. The van der Waals surface area contributed by atoms with E-state index < -0.39 is 21.7 Å². The number of carbonyl (C=O) groups excluding carboxylic acids is 1. The minimum atomic E-state index is -3.61. The number of halogens is 1. The standard InChI is InChI=1S/C14H20BrN3O4S/c1-14(2,3)22-13(19)17-4-6-18(7-5-17)23(20,21)12-8-11(15)9-16-10-12/h8-10H,4-7H2,1-3H3. The number of hydrogen-bond acceptors (Lipinski definition) is 5. The quantitative estimate of drug-likeness (QED) is 0.752. The van der Waals surface area contributed by atoms with E-state index in [1.807, 2.05) is 0 Å². The van der Waals surface area contributed by atoms with Gasteiger partial charge < -0.3 is 9.64 Å². The van der Waals surface area contributed by atoms with Gasteiger partial charge in [0, 0.05) is 43.0 Å². The van der Waals surface area contributed by atoms with E-state index in [0.29, 0.717) is 17.6 Å². The summed E-state index contributed by atoms with van der Waals surface area (Å²) in [6.45, 7) is 6.46. The van der Waals surface area contributed by atoms with Gasteiger partial charge in [0.15, 0.2) is 0 Å². The lowest BCUT2D eigenvalue weighted by Crippen LogP contribution is -2.51. The van der Waals surface area contributed by atoms with Crippen LogP contribution in [0.1, 0.15) is 20.8 Å². The van der Waals surface area contributed by atoms with E-state index in [9.17, 15) is 13.2 Å². The van der Waals surface area contributed by atoms with Gasteiger partial charge in [0.05, 0.1) is 0 Å². The van der Waals surface area contributed by atoms with Crippen molar-refractivity contribution < 1.29 is 17.9 Å². The minimum absolute atomic E-state index is 0.137. The average molecular weight is 406 g/mol. The van der Waals surface area contributed by atoms with Crippen molar-refractivity contribution in [2.45, 2.75) is 31.3 Å². The highest BCUT2D eigenvalue weighted by atomic mass is 79.9. The Labute approximate surface area is 144 Å². The number of carbonyl (C=O) groups is 1. The molecule has 23 heavy (non-hydrogen) atoms. The largest absolute Gasteiger partial charge is 0.444 e. The lowest BCUT2D eigenvalue weighted by Gasteiger charge is -2.34. The smallest absolute Gasteiger partial charge is 0.410 e. The molecule has 0 N–H and O–H groups in total. The third-order valence-electron chi connectivity index (χ3n) is 3.21. The molecular weight excluding hydrogens is 386 g/mol. The summed E-state index contributed by atoms with van der Waals surface area (Å²) in [5, 5.41) is 0. The van der Waals surface area contributed by atoms with Crippen molar-refractivity contribution in [1.82, 2.24) is 14.2 Å². The van der Waals surface area contributed by atoms with E-state index >= 15 is 0 Å². The van der Waals surface area contributed by atoms with E-state index in [2.05, 4.69) is 20.9 Å². The molecule has 0 saturated carbocycles. The lowest BCUT2D eigenvalue weighted by molar-refractivity contribution is 0.0192. The Bertz CT molecular complexity index is 680. The number of sulfonamides is 1. The summed E-state index contributed by atoms with van der Waals surface area (Å²) in [4.78, 5) is 17.6. The molecule has 7 nitrogen and oxygen atoms in total. The predicted molar refractivity (Wildman–Crippen MR) is 88.5 cm³/mol. The lowest BCUT2D eigenvalue weighted by atomic mass is 10.2. The Morgan fingerprint density at radius 2 is 1.83 bits per heavy atom. The third-order valence-corrected chi connectivity index (χ3v) is 5.51. The number of nitrogens with zero attached hydrogens (tertiary/aromatic N) is 3. The monoisotopic (exact) mass is 405 g/mol. The number of hydrogen-bond donors (Lipinski definition) is 0. The minimum Gasteiger partial charge on any atom is -0.444 e. The second kappa shape index (κ2) is 6.74. The fourth-order valence-electron chi connectivity index (χ4n) is 2.12. The molecule has 1 aromatic rings. The summed E-state index contributed by atoms with van der Waals surface area (Å²) in [5.74, 6) is 0. The molecule has 0 unspecified atom stereocenters. The SMILES string of the molecule is CC(C)(C)OC(=O)N1CCN(S(=O)(=O)c2cncc(Br)c2)CC1. The zero-order valence-electron chi connectivity index (χ0n) is 13.3. The van der Waals surface area contributed by atoms with Gasteiger partial charge >= 0.3 is 6.09 Å². The molecule has 0 bridgehead atoms. The highest BCUT2D eigenvalue weighted by Crippen LogP contribution is 2.20. The molecule has 0 spiro atoms. The van der Waals surface area contributed by atoms with Crippen LogP contribution in [0.25, 0.3) is 0 Å². The van der Waals surface area contributed by atoms with Gasteiger partial charge in [0.1, 0.15) is 10.5 Å². The molecule has 0 atom stereocenters. The van der Waals surface area contributed by atoms with Gasteiger partial charge in [-0.1, -0.05) is 0 Å². The van der Waals surface area contributed by atoms with Crippen molar-refractivity contribution >= 4 is 32.0 Å². The molecule has 1 aliphatic heterocycles. The highest BCUT2D eigenvalue weighted by molar-refractivity contribution is 9.10. The summed E-state index contributed by atoms with van der Waals surface area (Å²) < 4.78 is 32.4. The van der Waals surface area contributed by atoms with Crippen LogP contribution in [0.3, 0.4) is 0 Å². The summed E-state index contributed by atoms with van der Waals surface area (Å²) in [6, 6.07) is 1.52. The zero-order chi connectivity index (χ0) is 17.3. The number of amides is 1. The van der Waals surface area contributed by atoms with Crippen molar-refractivity contribution in [3.8, 4) is 0 Å². The molecule has 0 aliphatic carbocycles. The Kier molecular flexibility index (Phi) is 5.32. The summed E-state index contributed by atoms with van der Waals surface area (Å²) in [6.07, 6.45) is 2.43. The maximum absolute atomic E-state index is 12.6. The first-order valence-corrected chi connectivity index (χ1v) is 9.41. The van der Waals surface area contributed by atoms with Gasteiger partial charge in [-0.05, 0) is 42.8 Å². The first kappa shape index (κ1) is 18.2. The highest BCUT2D eigenvalue weighted by Gasteiger charge is 2.32. The van der Waals surface area contributed by atoms with Gasteiger partial charge in [-0.25, -0.2) is 13.2 Å². The summed E-state index contributed by atoms with van der Waals surface area (Å²) in [7, 11) is -3.61. The Morgan fingerprint density at radius 1 is 1.22 bits per heavy atom. The molecule has 0 radical (unpaired) electrons.